The highest BCUT2D eigenvalue weighted by Gasteiger charge is 2.28. The van der Waals surface area contributed by atoms with Crippen molar-refractivity contribution in [3.05, 3.63) is 71.0 Å². The van der Waals surface area contributed by atoms with Crippen LogP contribution in [0.2, 0.25) is 0 Å². The van der Waals surface area contributed by atoms with E-state index in [1.807, 2.05) is 25.1 Å². The molecule has 0 aromatic heterocycles. The fourth-order valence-corrected chi connectivity index (χ4v) is 1.96. The molecule has 2 aromatic carbocycles. The highest BCUT2D eigenvalue weighted by molar-refractivity contribution is 5.37. The van der Waals surface area contributed by atoms with Crippen molar-refractivity contribution in [2.24, 2.45) is 0 Å². The zero-order valence-corrected chi connectivity index (χ0v) is 9.94. The van der Waals surface area contributed by atoms with E-state index in [4.69, 9.17) is 0 Å². The number of halogens is 1. The van der Waals surface area contributed by atoms with Crippen molar-refractivity contribution in [3.63, 3.8) is 0 Å². The van der Waals surface area contributed by atoms with Crippen LogP contribution < -0.4 is 0 Å². The second-order valence-corrected chi connectivity index (χ2v) is 4.42. The molecule has 0 amide bonds. The first-order valence-electron chi connectivity index (χ1n) is 5.56. The first kappa shape index (κ1) is 11.8. The Hall–Kier alpha value is -1.67. The van der Waals surface area contributed by atoms with Gasteiger partial charge in [-0.2, -0.15) is 0 Å². The largest absolute Gasteiger partial charge is 0.381 e. The van der Waals surface area contributed by atoms with Gasteiger partial charge in [-0.1, -0.05) is 48.0 Å². The van der Waals surface area contributed by atoms with E-state index in [2.05, 4.69) is 0 Å². The van der Waals surface area contributed by atoms with E-state index in [1.54, 1.807) is 31.2 Å². The molecule has 0 aliphatic carbocycles. The van der Waals surface area contributed by atoms with Crippen LogP contribution in [0.15, 0.2) is 48.5 Å². The fourth-order valence-electron chi connectivity index (χ4n) is 1.96. The predicted molar refractivity (Wildman–Crippen MR) is 66.3 cm³/mol. The van der Waals surface area contributed by atoms with Crippen LogP contribution in [0.4, 0.5) is 4.39 Å². The molecular weight excluding hydrogens is 215 g/mol. The topological polar surface area (TPSA) is 20.2 Å². The summed E-state index contributed by atoms with van der Waals surface area (Å²) in [6.45, 7) is 3.56. The number of hydrogen-bond donors (Lipinski definition) is 1. The summed E-state index contributed by atoms with van der Waals surface area (Å²) in [7, 11) is 0. The molecule has 0 heterocycles. The smallest absolute Gasteiger partial charge is 0.129 e. The Balaban J connectivity index is 2.53. The Morgan fingerprint density at radius 2 is 1.76 bits per heavy atom. The van der Waals surface area contributed by atoms with Gasteiger partial charge < -0.3 is 5.11 Å². The molecule has 0 radical (unpaired) electrons. The van der Waals surface area contributed by atoms with E-state index in [9.17, 15) is 9.50 Å². The number of aryl methyl sites for hydroxylation is 1. The summed E-state index contributed by atoms with van der Waals surface area (Å²) < 4.78 is 13.7. The molecular formula is C15H15FO. The Kier molecular flexibility index (Phi) is 2.99. The van der Waals surface area contributed by atoms with Crippen molar-refractivity contribution < 1.29 is 9.50 Å². The summed E-state index contributed by atoms with van der Waals surface area (Å²) in [5, 5.41) is 10.5. The van der Waals surface area contributed by atoms with Crippen LogP contribution in [0, 0.1) is 12.7 Å². The first-order valence-corrected chi connectivity index (χ1v) is 5.56. The molecule has 17 heavy (non-hydrogen) atoms. The van der Waals surface area contributed by atoms with Gasteiger partial charge in [-0.05, 0) is 25.5 Å². The third-order valence-electron chi connectivity index (χ3n) is 2.98. The van der Waals surface area contributed by atoms with E-state index >= 15 is 0 Å². The molecule has 2 heteroatoms. The molecule has 1 nitrogen and oxygen atoms in total. The van der Waals surface area contributed by atoms with Gasteiger partial charge in [-0.15, -0.1) is 0 Å². The van der Waals surface area contributed by atoms with Gasteiger partial charge in [0.2, 0.25) is 0 Å². The lowest BCUT2D eigenvalue weighted by molar-refractivity contribution is 0.0979. The second-order valence-electron chi connectivity index (χ2n) is 4.42. The predicted octanol–water partition coefficient (Wildman–Crippen LogP) is 3.39. The van der Waals surface area contributed by atoms with Gasteiger partial charge >= 0.3 is 0 Å². The maximum atomic E-state index is 13.7. The summed E-state index contributed by atoms with van der Waals surface area (Å²) >= 11 is 0. The Morgan fingerprint density at radius 1 is 1.06 bits per heavy atom. The number of aliphatic hydroxyl groups is 1. The second kappa shape index (κ2) is 4.30. The molecule has 88 valence electrons. The molecule has 0 saturated heterocycles. The molecule has 0 aliphatic heterocycles. The van der Waals surface area contributed by atoms with Gasteiger partial charge in [0.25, 0.3) is 0 Å². The van der Waals surface area contributed by atoms with Crippen LogP contribution in [0.5, 0.6) is 0 Å². The molecule has 0 fully saturated rings. The molecule has 1 N–H and O–H groups in total. The van der Waals surface area contributed by atoms with Gasteiger partial charge in [0.05, 0.1) is 0 Å². The lowest BCUT2D eigenvalue weighted by Crippen LogP contribution is -2.24. The SMILES string of the molecule is Cc1cccc(C(C)(O)c2ccccc2F)c1. The number of hydrogen-bond acceptors (Lipinski definition) is 1. The van der Waals surface area contributed by atoms with E-state index in [0.717, 1.165) is 5.56 Å². The van der Waals surface area contributed by atoms with Gasteiger partial charge in [0, 0.05) is 5.56 Å². The maximum absolute atomic E-state index is 13.7. The molecule has 0 spiro atoms. The van der Waals surface area contributed by atoms with Crippen molar-refractivity contribution in [2.45, 2.75) is 19.4 Å². The third kappa shape index (κ3) is 2.22. The summed E-state index contributed by atoms with van der Waals surface area (Å²) in [6.07, 6.45) is 0. The van der Waals surface area contributed by atoms with Gasteiger partial charge in [0.1, 0.15) is 11.4 Å². The molecule has 0 bridgehead atoms. The highest BCUT2D eigenvalue weighted by atomic mass is 19.1. The molecule has 2 rings (SSSR count). The van der Waals surface area contributed by atoms with Gasteiger partial charge in [-0.3, -0.25) is 0 Å². The normalized spacial score (nSPS) is 14.4. The van der Waals surface area contributed by atoms with E-state index < -0.39 is 5.60 Å². The maximum Gasteiger partial charge on any atom is 0.129 e. The van der Waals surface area contributed by atoms with Crippen LogP contribution in [0.1, 0.15) is 23.6 Å². The molecule has 0 saturated carbocycles. The summed E-state index contributed by atoms with van der Waals surface area (Å²) in [6, 6.07) is 13.8. The minimum Gasteiger partial charge on any atom is -0.381 e. The van der Waals surface area contributed by atoms with Crippen molar-refractivity contribution in [1.29, 1.82) is 0 Å². The van der Waals surface area contributed by atoms with E-state index in [0.29, 0.717) is 11.1 Å². The van der Waals surface area contributed by atoms with Crippen molar-refractivity contribution >= 4 is 0 Å². The number of rotatable bonds is 2. The lowest BCUT2D eigenvalue weighted by Gasteiger charge is -2.25. The first-order chi connectivity index (χ1) is 8.01. The van der Waals surface area contributed by atoms with Crippen molar-refractivity contribution in [3.8, 4) is 0 Å². The standard InChI is InChI=1S/C15H15FO/c1-11-6-5-7-12(10-11)15(2,17)13-8-3-4-9-14(13)16/h3-10,17H,1-2H3. The quantitative estimate of drug-likeness (QED) is 0.838. The monoisotopic (exact) mass is 230 g/mol. The summed E-state index contributed by atoms with van der Waals surface area (Å²) in [5.41, 5.74) is 0.726. The Bertz CT molecular complexity index is 532. The highest BCUT2D eigenvalue weighted by Crippen LogP contribution is 2.31. The average molecular weight is 230 g/mol. The lowest BCUT2D eigenvalue weighted by atomic mass is 9.87. The van der Waals surface area contributed by atoms with Crippen molar-refractivity contribution in [1.82, 2.24) is 0 Å². The van der Waals surface area contributed by atoms with E-state index in [-0.39, 0.29) is 5.82 Å². The van der Waals surface area contributed by atoms with Crippen molar-refractivity contribution in [2.75, 3.05) is 0 Å². The van der Waals surface area contributed by atoms with E-state index in [1.165, 1.54) is 6.07 Å². The van der Waals surface area contributed by atoms with Crippen LogP contribution in [0.3, 0.4) is 0 Å². The molecule has 2 aromatic rings. The van der Waals surface area contributed by atoms with Crippen LogP contribution in [-0.4, -0.2) is 5.11 Å². The zero-order valence-electron chi connectivity index (χ0n) is 9.94. The van der Waals surface area contributed by atoms with Gasteiger partial charge in [-0.25, -0.2) is 4.39 Å². The fraction of sp³-hybridized carbons (Fsp3) is 0.200. The summed E-state index contributed by atoms with van der Waals surface area (Å²) in [4.78, 5) is 0. The molecule has 1 atom stereocenters. The van der Waals surface area contributed by atoms with Crippen LogP contribution in [-0.2, 0) is 5.60 Å². The van der Waals surface area contributed by atoms with Crippen LogP contribution >= 0.6 is 0 Å². The zero-order chi connectivity index (χ0) is 12.5. The average Bonchev–Trinajstić information content (AvgIpc) is 2.29. The number of benzene rings is 2. The third-order valence-corrected chi connectivity index (χ3v) is 2.98. The van der Waals surface area contributed by atoms with Crippen LogP contribution in [0.25, 0.3) is 0 Å². The molecule has 1 unspecified atom stereocenters. The minimum atomic E-state index is -1.31. The van der Waals surface area contributed by atoms with Gasteiger partial charge in [0.15, 0.2) is 0 Å². The Morgan fingerprint density at radius 3 is 2.41 bits per heavy atom. The summed E-state index contributed by atoms with van der Waals surface area (Å²) in [5.74, 6) is -0.390. The Labute approximate surface area is 101 Å². The minimum absolute atomic E-state index is 0.297. The molecule has 0 aliphatic rings.